The smallest absolute Gasteiger partial charge is 0.0471 e. The van der Waals surface area contributed by atoms with Crippen LogP contribution in [0.15, 0.2) is 18.2 Å². The molecule has 3 heteroatoms. The maximum absolute atomic E-state index is 6.21. The van der Waals surface area contributed by atoms with Crippen LogP contribution in [0.5, 0.6) is 0 Å². The Morgan fingerprint density at radius 2 is 2.00 bits per heavy atom. The summed E-state index contributed by atoms with van der Waals surface area (Å²) in [4.78, 5) is 2.37. The van der Waals surface area contributed by atoms with Gasteiger partial charge in [0.25, 0.3) is 0 Å². The zero-order chi connectivity index (χ0) is 12.3. The van der Waals surface area contributed by atoms with E-state index < -0.39 is 0 Å². The van der Waals surface area contributed by atoms with Crippen molar-refractivity contribution in [1.29, 1.82) is 0 Å². The number of benzene rings is 1. The second kappa shape index (κ2) is 5.74. The van der Waals surface area contributed by atoms with Crippen LogP contribution in [0.4, 0.5) is 5.69 Å². The van der Waals surface area contributed by atoms with Crippen LogP contribution < -0.4 is 10.6 Å². The Kier molecular flexibility index (Phi) is 4.30. The van der Waals surface area contributed by atoms with E-state index in [-0.39, 0.29) is 0 Å². The molecule has 0 heterocycles. The van der Waals surface area contributed by atoms with Crippen molar-refractivity contribution in [2.24, 2.45) is 5.73 Å². The molecule has 0 aliphatic heterocycles. The Hall–Kier alpha value is -0.730. The summed E-state index contributed by atoms with van der Waals surface area (Å²) in [5.41, 5.74) is 8.08. The van der Waals surface area contributed by atoms with E-state index in [0.717, 1.165) is 10.6 Å². The number of anilines is 1. The molecule has 0 radical (unpaired) electrons. The van der Waals surface area contributed by atoms with Crippen LogP contribution in [0.3, 0.4) is 0 Å². The summed E-state index contributed by atoms with van der Waals surface area (Å²) < 4.78 is 0. The van der Waals surface area contributed by atoms with E-state index in [9.17, 15) is 0 Å². The third-order valence-corrected chi connectivity index (χ3v) is 4.15. The van der Waals surface area contributed by atoms with E-state index in [2.05, 4.69) is 18.0 Å². The molecule has 1 aromatic rings. The first-order valence-electron chi connectivity index (χ1n) is 6.44. The molecule has 1 fully saturated rings. The molecule has 1 aromatic carbocycles. The molecule has 94 valence electrons. The van der Waals surface area contributed by atoms with Crippen molar-refractivity contribution in [1.82, 2.24) is 0 Å². The molecule has 0 atom stereocenters. The summed E-state index contributed by atoms with van der Waals surface area (Å²) in [6.07, 6.45) is 6.63. The van der Waals surface area contributed by atoms with Crippen molar-refractivity contribution in [3.8, 4) is 0 Å². The summed E-state index contributed by atoms with van der Waals surface area (Å²) >= 11 is 6.21. The first-order valence-corrected chi connectivity index (χ1v) is 6.82. The fraction of sp³-hybridized carbons (Fsp3) is 0.571. The number of nitrogens with zero attached hydrogens (tertiary/aromatic N) is 1. The first-order chi connectivity index (χ1) is 8.24. The molecule has 0 amide bonds. The molecule has 2 rings (SSSR count). The average molecular weight is 253 g/mol. The van der Waals surface area contributed by atoms with Crippen molar-refractivity contribution in [3.05, 3.63) is 28.8 Å². The molecule has 1 saturated carbocycles. The van der Waals surface area contributed by atoms with Crippen LogP contribution in [0, 0.1) is 0 Å². The normalized spacial score (nSPS) is 17.1. The molecule has 1 aliphatic rings. The minimum absolute atomic E-state index is 0.506. The van der Waals surface area contributed by atoms with Gasteiger partial charge in [-0.15, -0.1) is 0 Å². The Bertz CT molecular complexity index is 372. The van der Waals surface area contributed by atoms with E-state index in [0.29, 0.717) is 12.6 Å². The molecular weight excluding hydrogens is 232 g/mol. The monoisotopic (exact) mass is 252 g/mol. The lowest BCUT2D eigenvalue weighted by molar-refractivity contribution is 0.427. The van der Waals surface area contributed by atoms with Crippen molar-refractivity contribution in [2.45, 2.75) is 44.7 Å². The largest absolute Gasteiger partial charge is 0.371 e. The summed E-state index contributed by atoms with van der Waals surface area (Å²) in [5.74, 6) is 0. The molecular formula is C14H21ClN2. The van der Waals surface area contributed by atoms with Crippen molar-refractivity contribution < 1.29 is 0 Å². The van der Waals surface area contributed by atoms with Gasteiger partial charge in [0.05, 0.1) is 0 Å². The van der Waals surface area contributed by atoms with Gasteiger partial charge in [-0.05, 0) is 25.0 Å². The third-order valence-electron chi connectivity index (χ3n) is 3.80. The highest BCUT2D eigenvalue weighted by Crippen LogP contribution is 2.31. The molecule has 2 nitrogen and oxygen atoms in total. The van der Waals surface area contributed by atoms with E-state index >= 15 is 0 Å². The second-order valence-electron chi connectivity index (χ2n) is 4.84. The maximum atomic E-state index is 6.21. The molecule has 0 aromatic heterocycles. The van der Waals surface area contributed by atoms with Crippen LogP contribution in [-0.2, 0) is 6.54 Å². The summed E-state index contributed by atoms with van der Waals surface area (Å²) in [5, 5.41) is 0.785. The second-order valence-corrected chi connectivity index (χ2v) is 5.25. The average Bonchev–Trinajstić information content (AvgIpc) is 2.38. The zero-order valence-corrected chi connectivity index (χ0v) is 11.2. The minimum atomic E-state index is 0.506. The minimum Gasteiger partial charge on any atom is -0.371 e. The third kappa shape index (κ3) is 2.75. The number of hydrogen-bond acceptors (Lipinski definition) is 2. The number of hydrogen-bond donors (Lipinski definition) is 1. The highest BCUT2D eigenvalue weighted by atomic mass is 35.5. The molecule has 0 unspecified atom stereocenters. The van der Waals surface area contributed by atoms with Gasteiger partial charge in [0.2, 0.25) is 0 Å². The van der Waals surface area contributed by atoms with Gasteiger partial charge in [-0.1, -0.05) is 36.9 Å². The zero-order valence-electron chi connectivity index (χ0n) is 10.5. The van der Waals surface area contributed by atoms with E-state index in [1.807, 2.05) is 12.1 Å². The number of rotatable bonds is 3. The van der Waals surface area contributed by atoms with Crippen LogP contribution in [0.1, 0.15) is 37.7 Å². The van der Waals surface area contributed by atoms with Crippen LogP contribution in [-0.4, -0.2) is 13.1 Å². The van der Waals surface area contributed by atoms with Gasteiger partial charge in [0, 0.05) is 35.9 Å². The molecule has 0 spiro atoms. The Labute approximate surface area is 109 Å². The van der Waals surface area contributed by atoms with E-state index in [1.165, 1.54) is 37.8 Å². The van der Waals surface area contributed by atoms with E-state index in [4.69, 9.17) is 17.3 Å². The molecule has 0 bridgehead atoms. The summed E-state index contributed by atoms with van der Waals surface area (Å²) in [7, 11) is 2.17. The fourth-order valence-electron chi connectivity index (χ4n) is 2.74. The Morgan fingerprint density at radius 3 is 2.65 bits per heavy atom. The van der Waals surface area contributed by atoms with E-state index in [1.54, 1.807) is 0 Å². The lowest BCUT2D eigenvalue weighted by Crippen LogP contribution is -2.34. The number of halogens is 1. The topological polar surface area (TPSA) is 29.3 Å². The number of nitrogens with two attached hydrogens (primary N) is 1. The van der Waals surface area contributed by atoms with Gasteiger partial charge < -0.3 is 10.6 Å². The molecule has 0 saturated heterocycles. The molecule has 17 heavy (non-hydrogen) atoms. The summed E-state index contributed by atoms with van der Waals surface area (Å²) in [6.45, 7) is 0.506. The van der Waals surface area contributed by atoms with Gasteiger partial charge in [0.15, 0.2) is 0 Å². The van der Waals surface area contributed by atoms with Gasteiger partial charge in [-0.3, -0.25) is 0 Å². The fourth-order valence-corrected chi connectivity index (χ4v) is 2.99. The molecule has 2 N–H and O–H groups in total. The van der Waals surface area contributed by atoms with Gasteiger partial charge in [0.1, 0.15) is 0 Å². The van der Waals surface area contributed by atoms with Crippen LogP contribution >= 0.6 is 11.6 Å². The van der Waals surface area contributed by atoms with Gasteiger partial charge in [-0.2, -0.15) is 0 Å². The van der Waals surface area contributed by atoms with Crippen molar-refractivity contribution in [3.63, 3.8) is 0 Å². The lowest BCUT2D eigenvalue weighted by Gasteiger charge is -2.34. The van der Waals surface area contributed by atoms with Crippen molar-refractivity contribution >= 4 is 17.3 Å². The predicted molar refractivity (Wildman–Crippen MR) is 74.6 cm³/mol. The van der Waals surface area contributed by atoms with Crippen LogP contribution in [0.2, 0.25) is 5.02 Å². The Morgan fingerprint density at radius 1 is 1.29 bits per heavy atom. The Balaban J connectivity index is 2.23. The van der Waals surface area contributed by atoms with Crippen LogP contribution in [0.25, 0.3) is 0 Å². The first kappa shape index (κ1) is 12.7. The SMILES string of the molecule is CN(c1cccc(Cl)c1CN)C1CCCCC1. The standard InChI is InChI=1S/C14H21ClN2/c1-17(11-6-3-2-4-7-11)14-9-5-8-13(15)12(14)10-16/h5,8-9,11H,2-4,6-7,10,16H2,1H3. The molecule has 1 aliphatic carbocycles. The quantitative estimate of drug-likeness (QED) is 0.891. The van der Waals surface area contributed by atoms with Gasteiger partial charge in [-0.25, -0.2) is 0 Å². The highest BCUT2D eigenvalue weighted by molar-refractivity contribution is 6.31. The predicted octanol–water partition coefficient (Wildman–Crippen LogP) is 3.57. The summed E-state index contributed by atoms with van der Waals surface area (Å²) in [6, 6.07) is 6.70. The van der Waals surface area contributed by atoms with Gasteiger partial charge >= 0.3 is 0 Å². The lowest BCUT2D eigenvalue weighted by atomic mass is 9.94. The maximum Gasteiger partial charge on any atom is 0.0471 e. The van der Waals surface area contributed by atoms with Crippen molar-refractivity contribution in [2.75, 3.05) is 11.9 Å². The highest BCUT2D eigenvalue weighted by Gasteiger charge is 2.20.